The second-order valence-electron chi connectivity index (χ2n) is 5.83. The van der Waals surface area contributed by atoms with E-state index in [-0.39, 0.29) is 11.8 Å². The molecule has 0 aliphatic heterocycles. The zero-order valence-corrected chi connectivity index (χ0v) is 11.7. The molecular formula is C14H25NO3. The van der Waals surface area contributed by atoms with E-state index in [2.05, 4.69) is 12.2 Å². The maximum atomic E-state index is 12.1. The van der Waals surface area contributed by atoms with Gasteiger partial charge in [0.2, 0.25) is 5.91 Å². The summed E-state index contributed by atoms with van der Waals surface area (Å²) in [5.41, 5.74) is -1.12. The van der Waals surface area contributed by atoms with Crippen LogP contribution in [0, 0.1) is 11.8 Å². The van der Waals surface area contributed by atoms with Crippen molar-refractivity contribution in [3.63, 3.8) is 0 Å². The number of nitrogens with one attached hydrogen (secondary N) is 1. The summed E-state index contributed by atoms with van der Waals surface area (Å²) < 4.78 is 0. The summed E-state index contributed by atoms with van der Waals surface area (Å²) in [5, 5.41) is 12.0. The van der Waals surface area contributed by atoms with Gasteiger partial charge in [0.25, 0.3) is 0 Å². The number of aliphatic carboxylic acids is 1. The maximum absolute atomic E-state index is 12.1. The van der Waals surface area contributed by atoms with Crippen molar-refractivity contribution in [1.82, 2.24) is 5.32 Å². The molecule has 4 heteroatoms. The van der Waals surface area contributed by atoms with Crippen molar-refractivity contribution < 1.29 is 14.7 Å². The largest absolute Gasteiger partial charge is 0.480 e. The van der Waals surface area contributed by atoms with Gasteiger partial charge in [-0.1, -0.05) is 20.3 Å². The molecule has 1 amide bonds. The van der Waals surface area contributed by atoms with Crippen LogP contribution in [0.15, 0.2) is 0 Å². The number of carbonyl (C=O) groups is 2. The lowest BCUT2D eigenvalue weighted by atomic mass is 9.82. The topological polar surface area (TPSA) is 66.4 Å². The molecule has 1 fully saturated rings. The molecule has 18 heavy (non-hydrogen) atoms. The van der Waals surface area contributed by atoms with Crippen molar-refractivity contribution in [2.24, 2.45) is 11.8 Å². The van der Waals surface area contributed by atoms with E-state index in [0.29, 0.717) is 12.3 Å². The molecule has 0 saturated heterocycles. The van der Waals surface area contributed by atoms with E-state index in [0.717, 1.165) is 32.1 Å². The molecule has 0 aromatic heterocycles. The third-order valence-corrected chi connectivity index (χ3v) is 4.01. The third kappa shape index (κ3) is 3.72. The average Bonchev–Trinajstić information content (AvgIpc) is 2.29. The van der Waals surface area contributed by atoms with Gasteiger partial charge in [-0.15, -0.1) is 0 Å². The molecule has 0 radical (unpaired) electrons. The quantitative estimate of drug-likeness (QED) is 0.793. The fraction of sp³-hybridized carbons (Fsp3) is 0.857. The summed E-state index contributed by atoms with van der Waals surface area (Å²) in [6.07, 6.45) is 5.11. The number of carbonyl (C=O) groups excluding carboxylic acids is 1. The van der Waals surface area contributed by atoms with Crippen LogP contribution < -0.4 is 5.32 Å². The average molecular weight is 255 g/mol. The van der Waals surface area contributed by atoms with Crippen LogP contribution in [0.3, 0.4) is 0 Å². The van der Waals surface area contributed by atoms with E-state index in [1.54, 1.807) is 6.92 Å². The molecule has 0 heterocycles. The van der Waals surface area contributed by atoms with Crippen LogP contribution in [-0.2, 0) is 9.59 Å². The Morgan fingerprint density at radius 2 is 1.83 bits per heavy atom. The molecule has 1 saturated carbocycles. The van der Waals surface area contributed by atoms with Crippen LogP contribution in [-0.4, -0.2) is 22.5 Å². The van der Waals surface area contributed by atoms with Crippen molar-refractivity contribution >= 4 is 11.9 Å². The van der Waals surface area contributed by atoms with Gasteiger partial charge in [0.15, 0.2) is 0 Å². The molecule has 0 bridgehead atoms. The lowest BCUT2D eigenvalue weighted by Crippen LogP contribution is -2.54. The molecule has 1 atom stereocenters. The Morgan fingerprint density at radius 3 is 2.28 bits per heavy atom. The normalized spacial score (nSPS) is 27.3. The minimum Gasteiger partial charge on any atom is -0.480 e. The highest BCUT2D eigenvalue weighted by atomic mass is 16.4. The fourth-order valence-electron chi connectivity index (χ4n) is 2.62. The summed E-state index contributed by atoms with van der Waals surface area (Å²) in [7, 11) is 0. The predicted molar refractivity (Wildman–Crippen MR) is 70.2 cm³/mol. The first kappa shape index (κ1) is 15.0. The van der Waals surface area contributed by atoms with Crippen LogP contribution in [0.4, 0.5) is 0 Å². The summed E-state index contributed by atoms with van der Waals surface area (Å²) in [6, 6.07) is 0. The smallest absolute Gasteiger partial charge is 0.329 e. The Kier molecular flexibility index (Phi) is 5.17. The molecule has 0 spiro atoms. The van der Waals surface area contributed by atoms with E-state index < -0.39 is 11.5 Å². The first-order valence-corrected chi connectivity index (χ1v) is 6.94. The molecule has 104 valence electrons. The molecule has 0 aromatic carbocycles. The number of amides is 1. The van der Waals surface area contributed by atoms with Gasteiger partial charge in [0, 0.05) is 5.92 Å². The highest BCUT2D eigenvalue weighted by Gasteiger charge is 2.36. The van der Waals surface area contributed by atoms with Crippen LogP contribution in [0.5, 0.6) is 0 Å². The van der Waals surface area contributed by atoms with Crippen molar-refractivity contribution in [1.29, 1.82) is 0 Å². The van der Waals surface area contributed by atoms with Crippen LogP contribution in [0.25, 0.3) is 0 Å². The van der Waals surface area contributed by atoms with Gasteiger partial charge < -0.3 is 10.4 Å². The van der Waals surface area contributed by atoms with Gasteiger partial charge in [-0.05, 0) is 44.9 Å². The summed E-state index contributed by atoms with van der Waals surface area (Å²) in [5.74, 6) is -0.339. The molecular weight excluding hydrogens is 230 g/mol. The number of rotatable bonds is 5. The Balaban J connectivity index is 2.59. The molecule has 2 N–H and O–H groups in total. The summed E-state index contributed by atoms with van der Waals surface area (Å²) in [6.45, 7) is 5.73. The summed E-state index contributed by atoms with van der Waals surface area (Å²) >= 11 is 0. The van der Waals surface area contributed by atoms with Gasteiger partial charge in [0.05, 0.1) is 0 Å². The Bertz CT molecular complexity index is 308. The number of hydrogen-bond acceptors (Lipinski definition) is 2. The van der Waals surface area contributed by atoms with Crippen LogP contribution in [0.2, 0.25) is 0 Å². The van der Waals surface area contributed by atoms with E-state index >= 15 is 0 Å². The second kappa shape index (κ2) is 6.21. The minimum atomic E-state index is -1.12. The minimum absolute atomic E-state index is 0.00303. The molecule has 0 aromatic rings. The van der Waals surface area contributed by atoms with E-state index in [9.17, 15) is 14.7 Å². The first-order chi connectivity index (χ1) is 8.39. The molecule has 1 aliphatic rings. The van der Waals surface area contributed by atoms with Crippen molar-refractivity contribution in [2.75, 3.05) is 0 Å². The lowest BCUT2D eigenvalue weighted by molar-refractivity contribution is -0.148. The standard InChI is InChI=1S/C14H25NO3/c1-4-9-14(3,13(17)18)15-12(16)11-7-5-10(2)6-8-11/h10-11H,4-9H2,1-3H3,(H,15,16)(H,17,18). The van der Waals surface area contributed by atoms with Gasteiger partial charge in [-0.2, -0.15) is 0 Å². The summed E-state index contributed by atoms with van der Waals surface area (Å²) in [4.78, 5) is 23.4. The first-order valence-electron chi connectivity index (χ1n) is 6.94. The van der Waals surface area contributed by atoms with Crippen molar-refractivity contribution in [2.45, 2.75) is 64.8 Å². The van der Waals surface area contributed by atoms with Gasteiger partial charge in [-0.25, -0.2) is 4.79 Å². The Morgan fingerprint density at radius 1 is 1.28 bits per heavy atom. The molecule has 4 nitrogen and oxygen atoms in total. The monoisotopic (exact) mass is 255 g/mol. The SMILES string of the molecule is CCCC(C)(NC(=O)C1CCC(C)CC1)C(=O)O. The van der Waals surface area contributed by atoms with E-state index in [4.69, 9.17) is 0 Å². The lowest BCUT2D eigenvalue weighted by Gasteiger charge is -2.31. The molecule has 1 rings (SSSR count). The Hall–Kier alpha value is -1.06. The highest BCUT2D eigenvalue weighted by Crippen LogP contribution is 2.29. The van der Waals surface area contributed by atoms with Gasteiger partial charge in [-0.3, -0.25) is 4.79 Å². The van der Waals surface area contributed by atoms with Gasteiger partial charge in [0.1, 0.15) is 5.54 Å². The zero-order chi connectivity index (χ0) is 13.8. The van der Waals surface area contributed by atoms with Crippen molar-refractivity contribution in [3.8, 4) is 0 Å². The van der Waals surface area contributed by atoms with E-state index in [1.807, 2.05) is 6.92 Å². The highest BCUT2D eigenvalue weighted by molar-refractivity contribution is 5.87. The van der Waals surface area contributed by atoms with Gasteiger partial charge >= 0.3 is 5.97 Å². The number of carboxylic acid groups (broad SMARTS) is 1. The fourth-order valence-corrected chi connectivity index (χ4v) is 2.62. The molecule has 1 unspecified atom stereocenters. The maximum Gasteiger partial charge on any atom is 0.329 e. The second-order valence-corrected chi connectivity index (χ2v) is 5.83. The van der Waals surface area contributed by atoms with E-state index in [1.165, 1.54) is 0 Å². The number of hydrogen-bond donors (Lipinski definition) is 2. The van der Waals surface area contributed by atoms with Crippen LogP contribution >= 0.6 is 0 Å². The third-order valence-electron chi connectivity index (χ3n) is 4.01. The van der Waals surface area contributed by atoms with Crippen molar-refractivity contribution in [3.05, 3.63) is 0 Å². The zero-order valence-electron chi connectivity index (χ0n) is 11.7. The Labute approximate surface area is 109 Å². The van der Waals surface area contributed by atoms with Crippen LogP contribution in [0.1, 0.15) is 59.3 Å². The predicted octanol–water partition coefficient (Wildman–Crippen LogP) is 2.57. The molecule has 1 aliphatic carbocycles. The number of carboxylic acids is 1.